The summed E-state index contributed by atoms with van der Waals surface area (Å²) >= 11 is 7.32. The smallest absolute Gasteiger partial charge is 0.259 e. The van der Waals surface area contributed by atoms with Gasteiger partial charge in [-0.2, -0.15) is 0 Å². The Balaban J connectivity index is 0.000000315. The highest BCUT2D eigenvalue weighted by Crippen LogP contribution is 2.43. The molecule has 0 radical (unpaired) electrons. The zero-order valence-electron chi connectivity index (χ0n) is 25.5. The van der Waals surface area contributed by atoms with Crippen molar-refractivity contribution < 1.29 is 9.53 Å². The summed E-state index contributed by atoms with van der Waals surface area (Å²) in [6.45, 7) is 17.1. The fraction of sp³-hybridized carbons (Fsp3) is 0.581. The van der Waals surface area contributed by atoms with E-state index < -0.39 is 0 Å². The maximum atomic E-state index is 12.7. The van der Waals surface area contributed by atoms with Crippen molar-refractivity contribution in [2.75, 3.05) is 12.4 Å². The van der Waals surface area contributed by atoms with E-state index >= 15 is 0 Å². The summed E-state index contributed by atoms with van der Waals surface area (Å²) < 4.78 is 5.36. The van der Waals surface area contributed by atoms with Crippen LogP contribution in [0.1, 0.15) is 94.7 Å². The van der Waals surface area contributed by atoms with Gasteiger partial charge in [0.1, 0.15) is 15.9 Å². The molecule has 0 spiro atoms. The topological polar surface area (TPSA) is 89.9 Å². The minimum absolute atomic E-state index is 0.302. The first-order chi connectivity index (χ1) is 19.2. The molecule has 3 aromatic rings. The van der Waals surface area contributed by atoms with Crippen LogP contribution in [0.25, 0.3) is 11.1 Å². The molecule has 7 nitrogen and oxygen atoms in total. The third-order valence-corrected chi connectivity index (χ3v) is 8.34. The molecule has 220 valence electrons. The van der Waals surface area contributed by atoms with Crippen LogP contribution >= 0.6 is 22.9 Å². The fourth-order valence-electron chi connectivity index (χ4n) is 5.29. The number of anilines is 1. The predicted octanol–water partition coefficient (Wildman–Crippen LogP) is 9.05. The molecule has 3 aromatic heterocycles. The van der Waals surface area contributed by atoms with Gasteiger partial charge in [-0.3, -0.25) is 15.1 Å². The number of methoxy groups -OCH3 is 1. The van der Waals surface area contributed by atoms with E-state index in [1.165, 1.54) is 62.9 Å². The summed E-state index contributed by atoms with van der Waals surface area (Å²) in [7, 11) is 1.53. The van der Waals surface area contributed by atoms with E-state index in [1.54, 1.807) is 12.1 Å². The summed E-state index contributed by atoms with van der Waals surface area (Å²) in [5, 5.41) is 12.0. The second-order valence-electron chi connectivity index (χ2n) is 10.4. The van der Waals surface area contributed by atoms with Crippen LogP contribution in [0.3, 0.4) is 0 Å². The molecule has 40 heavy (non-hydrogen) atoms. The molecule has 1 saturated carbocycles. The van der Waals surface area contributed by atoms with Crippen molar-refractivity contribution in [3.8, 4) is 16.9 Å². The van der Waals surface area contributed by atoms with Gasteiger partial charge in [0.05, 0.1) is 18.9 Å². The molecule has 3 heterocycles. The second-order valence-corrected chi connectivity index (χ2v) is 11.9. The van der Waals surface area contributed by atoms with Gasteiger partial charge in [-0.1, -0.05) is 83.7 Å². The van der Waals surface area contributed by atoms with Crippen molar-refractivity contribution in [3.63, 3.8) is 0 Å². The van der Waals surface area contributed by atoms with E-state index in [4.69, 9.17) is 16.3 Å². The number of nitrogens with zero attached hydrogens (tertiary/aromatic N) is 4. The molecule has 4 rings (SSSR count). The largest absolute Gasteiger partial charge is 0.494 e. The van der Waals surface area contributed by atoms with Gasteiger partial charge >= 0.3 is 0 Å². The first-order valence-electron chi connectivity index (χ1n) is 14.4. The number of nitrogens with one attached hydrogen (secondary N) is 1. The molecule has 1 amide bonds. The Bertz CT molecular complexity index is 1220. The quantitative estimate of drug-likeness (QED) is 0.264. The Hall–Kier alpha value is -2.58. The Morgan fingerprint density at radius 2 is 1.77 bits per heavy atom. The third-order valence-electron chi connectivity index (χ3n) is 7.38. The molecule has 1 aliphatic carbocycles. The molecule has 3 atom stereocenters. The van der Waals surface area contributed by atoms with E-state index in [2.05, 4.69) is 53.2 Å². The van der Waals surface area contributed by atoms with Gasteiger partial charge in [0.15, 0.2) is 0 Å². The van der Waals surface area contributed by atoms with Gasteiger partial charge < -0.3 is 4.74 Å². The number of halogens is 1. The lowest BCUT2D eigenvalue weighted by molar-refractivity contribution is 0.102. The van der Waals surface area contributed by atoms with E-state index in [1.807, 2.05) is 27.7 Å². The molecule has 0 bridgehead atoms. The number of carbonyl (C=O) groups is 1. The number of ether oxygens (including phenoxy) is 1. The third kappa shape index (κ3) is 9.23. The molecule has 0 aliphatic heterocycles. The van der Waals surface area contributed by atoms with Gasteiger partial charge in [0.25, 0.3) is 5.91 Å². The summed E-state index contributed by atoms with van der Waals surface area (Å²) in [6, 6.07) is 3.45. The van der Waals surface area contributed by atoms with Crippen LogP contribution in [-0.4, -0.2) is 33.2 Å². The minimum Gasteiger partial charge on any atom is -0.494 e. The van der Waals surface area contributed by atoms with Crippen LogP contribution in [0.4, 0.5) is 5.13 Å². The van der Waals surface area contributed by atoms with Crippen LogP contribution in [0.5, 0.6) is 5.75 Å². The molecule has 0 aromatic carbocycles. The Morgan fingerprint density at radius 1 is 1.07 bits per heavy atom. The average Bonchev–Trinajstić information content (AvgIpc) is 3.55. The molecule has 0 saturated heterocycles. The number of aromatic nitrogens is 4. The van der Waals surface area contributed by atoms with E-state index in [9.17, 15) is 4.79 Å². The number of carbonyl (C=O) groups excluding carboxylic acids is 1. The van der Waals surface area contributed by atoms with Gasteiger partial charge in [-0.05, 0) is 62.5 Å². The number of pyridine rings is 2. The molecule has 3 unspecified atom stereocenters. The molecule has 1 aliphatic rings. The Kier molecular flexibility index (Phi) is 14.0. The summed E-state index contributed by atoms with van der Waals surface area (Å²) in [5.41, 5.74) is 2.44. The highest BCUT2D eigenvalue weighted by molar-refractivity contribution is 7.15. The summed E-state index contributed by atoms with van der Waals surface area (Å²) in [5.74, 6) is 4.22. The predicted molar refractivity (Wildman–Crippen MR) is 167 cm³/mol. The number of aryl methyl sites for hydroxylation is 2. The van der Waals surface area contributed by atoms with E-state index in [0.717, 1.165) is 34.4 Å². The van der Waals surface area contributed by atoms with Crippen LogP contribution in [0.15, 0.2) is 24.5 Å². The molecule has 9 heteroatoms. The fourth-order valence-corrected chi connectivity index (χ4v) is 6.04. The molecule has 1 fully saturated rings. The first-order valence-corrected chi connectivity index (χ1v) is 15.6. The van der Waals surface area contributed by atoms with Crippen LogP contribution in [-0.2, 0) is 0 Å². The van der Waals surface area contributed by atoms with E-state index in [0.29, 0.717) is 32.7 Å². The maximum absolute atomic E-state index is 12.7. The molecular formula is C31H46ClN5O2S. The van der Waals surface area contributed by atoms with Crippen molar-refractivity contribution in [2.24, 2.45) is 23.7 Å². The van der Waals surface area contributed by atoms with Gasteiger partial charge in [0.2, 0.25) is 5.13 Å². The van der Waals surface area contributed by atoms with Crippen molar-refractivity contribution >= 4 is 34.0 Å². The number of hydrogen-bond donors (Lipinski definition) is 1. The first kappa shape index (κ1) is 33.6. The van der Waals surface area contributed by atoms with Crippen LogP contribution in [0, 0.1) is 37.5 Å². The minimum atomic E-state index is -0.339. The van der Waals surface area contributed by atoms with Crippen LogP contribution in [0.2, 0.25) is 5.15 Å². The zero-order chi connectivity index (χ0) is 29.8. The SMILES string of the molecule is CC.CCCC1CC(C(C)C)CC1CC.COc1cnc(Cl)cc1-c1cc(C)ncc1C(=O)Nc1nnc(C)s1. The average molecular weight is 588 g/mol. The van der Waals surface area contributed by atoms with Crippen molar-refractivity contribution in [2.45, 2.75) is 87.5 Å². The number of amides is 1. The second kappa shape index (κ2) is 16.6. The summed E-state index contributed by atoms with van der Waals surface area (Å²) in [4.78, 5) is 21.0. The molecule has 1 N–H and O–H groups in total. The van der Waals surface area contributed by atoms with E-state index in [-0.39, 0.29) is 5.91 Å². The highest BCUT2D eigenvalue weighted by Gasteiger charge is 2.33. The Morgan fingerprint density at radius 3 is 2.35 bits per heavy atom. The van der Waals surface area contributed by atoms with Gasteiger partial charge in [-0.15, -0.1) is 10.2 Å². The monoisotopic (exact) mass is 587 g/mol. The van der Waals surface area contributed by atoms with Crippen molar-refractivity contribution in [3.05, 3.63) is 45.9 Å². The molecular weight excluding hydrogens is 542 g/mol. The number of rotatable bonds is 8. The normalized spacial score (nSPS) is 17.9. The van der Waals surface area contributed by atoms with Gasteiger partial charge in [-0.25, -0.2) is 4.98 Å². The van der Waals surface area contributed by atoms with Crippen molar-refractivity contribution in [1.29, 1.82) is 0 Å². The summed E-state index contributed by atoms with van der Waals surface area (Å²) in [6.07, 6.45) is 10.3. The lowest BCUT2D eigenvalue weighted by Gasteiger charge is -2.16. The standard InChI is InChI=1S/C16H14ClN5O2S.C13H26.C2H6/c1-8-4-10(11-5-14(17)19-7-13(11)24-3)12(6-18-8)15(23)20-16-22-21-9(2)25-16;1-5-7-12-9-13(10(3)4)8-11(12)6-2;1-2/h4-7H,1-3H3,(H,20,22,23);10-13H,5-9H2,1-4H3;1-2H3. The maximum Gasteiger partial charge on any atom is 0.259 e. The van der Waals surface area contributed by atoms with Crippen molar-refractivity contribution in [1.82, 2.24) is 20.2 Å². The van der Waals surface area contributed by atoms with Gasteiger partial charge in [0, 0.05) is 23.0 Å². The number of hydrogen-bond acceptors (Lipinski definition) is 7. The highest BCUT2D eigenvalue weighted by atomic mass is 35.5. The van der Waals surface area contributed by atoms with Crippen LogP contribution < -0.4 is 10.1 Å². The zero-order valence-corrected chi connectivity index (χ0v) is 27.1. The lowest BCUT2D eigenvalue weighted by Crippen LogP contribution is -2.14. The lowest BCUT2D eigenvalue weighted by atomic mass is 9.90. The Labute approximate surface area is 249 Å².